The van der Waals surface area contributed by atoms with Crippen LogP contribution in [-0.2, 0) is 12.8 Å². The number of hydrogen-bond acceptors (Lipinski definition) is 2. The molecule has 1 aliphatic carbocycles. The van der Waals surface area contributed by atoms with E-state index >= 15 is 0 Å². The number of halogens is 1. The molecule has 1 heterocycles. The van der Waals surface area contributed by atoms with Crippen molar-refractivity contribution in [2.24, 2.45) is 16.5 Å². The molecule has 4 N–H and O–H groups in total. The minimum Gasteiger partial charge on any atom is -0.370 e. The van der Waals surface area contributed by atoms with Gasteiger partial charge in [0, 0.05) is 4.88 Å². The van der Waals surface area contributed by atoms with Crippen LogP contribution in [0.15, 0.2) is 11.1 Å². The van der Waals surface area contributed by atoms with E-state index in [1.165, 1.54) is 36.1 Å². The summed E-state index contributed by atoms with van der Waals surface area (Å²) in [6.45, 7) is 0. The van der Waals surface area contributed by atoms with E-state index in [2.05, 4.69) is 11.1 Å². The third kappa shape index (κ3) is 2.39. The predicted octanol–water partition coefficient (Wildman–Crippen LogP) is 1.95. The van der Waals surface area contributed by atoms with Crippen molar-refractivity contribution in [3.63, 3.8) is 0 Å². The zero-order valence-corrected chi connectivity index (χ0v) is 9.46. The molecule has 0 spiro atoms. The fourth-order valence-electron chi connectivity index (χ4n) is 1.66. The monoisotopic (exact) mass is 231 g/mol. The second kappa shape index (κ2) is 4.66. The zero-order chi connectivity index (χ0) is 9.26. The maximum Gasteiger partial charge on any atom is 0.191 e. The number of rotatable bonds is 1. The molecule has 78 valence electrons. The first-order valence-electron chi connectivity index (χ1n) is 4.47. The maximum atomic E-state index is 5.32. The highest BCUT2D eigenvalue weighted by atomic mass is 35.5. The molecule has 0 bridgehead atoms. The summed E-state index contributed by atoms with van der Waals surface area (Å²) in [6, 6.07) is 2.11. The number of nitrogens with zero attached hydrogens (tertiary/aromatic N) is 1. The molecule has 0 amide bonds. The van der Waals surface area contributed by atoms with E-state index in [0.29, 0.717) is 0 Å². The van der Waals surface area contributed by atoms with E-state index in [0.717, 1.165) is 5.00 Å². The Bertz CT molecular complexity index is 318. The van der Waals surface area contributed by atoms with Crippen molar-refractivity contribution in [1.29, 1.82) is 0 Å². The van der Waals surface area contributed by atoms with Crippen LogP contribution < -0.4 is 11.5 Å². The zero-order valence-electron chi connectivity index (χ0n) is 7.82. The Kier molecular flexibility index (Phi) is 3.77. The van der Waals surface area contributed by atoms with Crippen LogP contribution in [0.3, 0.4) is 0 Å². The number of thiophene rings is 1. The van der Waals surface area contributed by atoms with E-state index in [1.54, 1.807) is 11.3 Å². The number of fused-ring (bicyclic) bond motifs is 1. The fourth-order valence-corrected chi connectivity index (χ4v) is 2.80. The van der Waals surface area contributed by atoms with Gasteiger partial charge in [0.25, 0.3) is 0 Å². The van der Waals surface area contributed by atoms with Crippen LogP contribution in [0.1, 0.15) is 23.3 Å². The van der Waals surface area contributed by atoms with Gasteiger partial charge in [-0.25, -0.2) is 4.99 Å². The molecule has 5 heteroatoms. The first-order chi connectivity index (χ1) is 6.25. The minimum absolute atomic E-state index is 0. The van der Waals surface area contributed by atoms with Gasteiger partial charge in [-0.05, 0) is 37.3 Å². The van der Waals surface area contributed by atoms with Crippen molar-refractivity contribution in [2.45, 2.75) is 25.7 Å². The Hall–Kier alpha value is -0.740. The SMILES string of the molecule is Cl.NC(N)=Nc1cc2c(s1)CCCC2. The van der Waals surface area contributed by atoms with Crippen LogP contribution in [0.25, 0.3) is 0 Å². The predicted molar refractivity (Wildman–Crippen MR) is 63.7 cm³/mol. The highest BCUT2D eigenvalue weighted by Gasteiger charge is 2.12. The van der Waals surface area contributed by atoms with Crippen LogP contribution in [0.4, 0.5) is 5.00 Å². The van der Waals surface area contributed by atoms with Crippen molar-refractivity contribution in [1.82, 2.24) is 0 Å². The second-order valence-corrected chi connectivity index (χ2v) is 4.39. The normalized spacial score (nSPS) is 14.0. The summed E-state index contributed by atoms with van der Waals surface area (Å²) in [5, 5.41) is 0.951. The molecule has 0 saturated carbocycles. The van der Waals surface area contributed by atoms with Crippen molar-refractivity contribution in [3.8, 4) is 0 Å². The molecule has 1 aromatic rings. The number of aliphatic imine (C=N–C) groups is 1. The topological polar surface area (TPSA) is 64.4 Å². The summed E-state index contributed by atoms with van der Waals surface area (Å²) < 4.78 is 0. The van der Waals surface area contributed by atoms with Crippen LogP contribution in [0.5, 0.6) is 0 Å². The Balaban J connectivity index is 0.000000980. The molecule has 0 atom stereocenters. The van der Waals surface area contributed by atoms with Gasteiger partial charge >= 0.3 is 0 Å². The lowest BCUT2D eigenvalue weighted by Crippen LogP contribution is -2.21. The summed E-state index contributed by atoms with van der Waals surface area (Å²) in [5.74, 6) is 0.151. The van der Waals surface area contributed by atoms with Gasteiger partial charge < -0.3 is 11.5 Å². The van der Waals surface area contributed by atoms with Crippen LogP contribution in [-0.4, -0.2) is 5.96 Å². The lowest BCUT2D eigenvalue weighted by Gasteiger charge is -2.08. The smallest absolute Gasteiger partial charge is 0.191 e. The molecule has 1 aromatic heterocycles. The molecule has 0 saturated heterocycles. The second-order valence-electron chi connectivity index (χ2n) is 3.28. The largest absolute Gasteiger partial charge is 0.370 e. The Labute approximate surface area is 93.6 Å². The van der Waals surface area contributed by atoms with Crippen LogP contribution in [0.2, 0.25) is 0 Å². The van der Waals surface area contributed by atoms with E-state index in [4.69, 9.17) is 11.5 Å². The summed E-state index contributed by atoms with van der Waals surface area (Å²) >= 11 is 1.72. The molecule has 2 rings (SSSR count). The average Bonchev–Trinajstić information content (AvgIpc) is 2.44. The molecular formula is C9H14ClN3S. The van der Waals surface area contributed by atoms with Gasteiger partial charge in [0.1, 0.15) is 5.00 Å². The van der Waals surface area contributed by atoms with Crippen molar-refractivity contribution >= 4 is 34.7 Å². The van der Waals surface area contributed by atoms with Gasteiger partial charge in [0.2, 0.25) is 0 Å². The molecule has 0 radical (unpaired) electrons. The Morgan fingerprint density at radius 2 is 2.00 bits per heavy atom. The molecular weight excluding hydrogens is 218 g/mol. The highest BCUT2D eigenvalue weighted by Crippen LogP contribution is 2.34. The van der Waals surface area contributed by atoms with Crippen molar-refractivity contribution < 1.29 is 0 Å². The molecule has 3 nitrogen and oxygen atoms in total. The number of aryl methyl sites for hydroxylation is 2. The summed E-state index contributed by atoms with van der Waals surface area (Å²) in [6.07, 6.45) is 4.98. The molecule has 0 aromatic carbocycles. The van der Waals surface area contributed by atoms with E-state index in [1.807, 2.05) is 0 Å². The van der Waals surface area contributed by atoms with Gasteiger partial charge in [-0.2, -0.15) is 0 Å². The number of guanidine groups is 1. The standard InChI is InChI=1S/C9H13N3S.ClH/c10-9(11)12-8-5-6-3-1-2-4-7(6)13-8;/h5H,1-4H2,(H4,10,11,12);1H. The van der Waals surface area contributed by atoms with Gasteiger partial charge in [0.05, 0.1) is 0 Å². The number of nitrogens with two attached hydrogens (primary N) is 2. The van der Waals surface area contributed by atoms with Crippen molar-refractivity contribution in [3.05, 3.63) is 16.5 Å². The maximum absolute atomic E-state index is 5.32. The van der Waals surface area contributed by atoms with E-state index < -0.39 is 0 Å². The van der Waals surface area contributed by atoms with Gasteiger partial charge in [0.15, 0.2) is 5.96 Å². The van der Waals surface area contributed by atoms with Gasteiger partial charge in [-0.3, -0.25) is 0 Å². The van der Waals surface area contributed by atoms with E-state index in [9.17, 15) is 0 Å². The van der Waals surface area contributed by atoms with Gasteiger partial charge in [-0.15, -0.1) is 23.7 Å². The highest BCUT2D eigenvalue weighted by molar-refractivity contribution is 7.16. The third-order valence-corrected chi connectivity index (χ3v) is 3.35. The number of hydrogen-bond donors (Lipinski definition) is 2. The first-order valence-corrected chi connectivity index (χ1v) is 5.28. The quantitative estimate of drug-likeness (QED) is 0.573. The molecule has 1 aliphatic rings. The van der Waals surface area contributed by atoms with E-state index in [-0.39, 0.29) is 18.4 Å². The molecule has 14 heavy (non-hydrogen) atoms. The summed E-state index contributed by atoms with van der Waals surface area (Å²) in [5.41, 5.74) is 12.1. The van der Waals surface area contributed by atoms with Crippen LogP contribution >= 0.6 is 23.7 Å². The minimum atomic E-state index is 0. The summed E-state index contributed by atoms with van der Waals surface area (Å²) in [4.78, 5) is 5.52. The Morgan fingerprint density at radius 3 is 2.64 bits per heavy atom. The fraction of sp³-hybridized carbons (Fsp3) is 0.444. The molecule has 0 unspecified atom stereocenters. The molecule has 0 fully saturated rings. The van der Waals surface area contributed by atoms with Gasteiger partial charge in [-0.1, -0.05) is 0 Å². The average molecular weight is 232 g/mol. The van der Waals surface area contributed by atoms with Crippen LogP contribution in [0, 0.1) is 0 Å². The third-order valence-electron chi connectivity index (χ3n) is 2.22. The summed E-state index contributed by atoms with van der Waals surface area (Å²) in [7, 11) is 0. The molecule has 0 aliphatic heterocycles. The van der Waals surface area contributed by atoms with Crippen molar-refractivity contribution in [2.75, 3.05) is 0 Å². The lowest BCUT2D eigenvalue weighted by atomic mass is 10.00. The first kappa shape index (κ1) is 11.3. The Morgan fingerprint density at radius 1 is 1.29 bits per heavy atom. The lowest BCUT2D eigenvalue weighted by molar-refractivity contribution is 0.697.